The maximum atomic E-state index is 12.1. The quantitative estimate of drug-likeness (QED) is 0.848. The van der Waals surface area contributed by atoms with Gasteiger partial charge in [-0.05, 0) is 23.8 Å². The fourth-order valence-corrected chi connectivity index (χ4v) is 3.30. The number of benzene rings is 1. The number of rotatable bonds is 7. The molecule has 1 N–H and O–H groups in total. The van der Waals surface area contributed by atoms with E-state index >= 15 is 0 Å². The molecule has 1 aromatic heterocycles. The number of furan rings is 1. The van der Waals surface area contributed by atoms with Gasteiger partial charge in [0.1, 0.15) is 11.9 Å². The Labute approximate surface area is 128 Å². The zero-order valence-electron chi connectivity index (χ0n) is 11.5. The van der Waals surface area contributed by atoms with Crippen molar-refractivity contribution in [2.24, 2.45) is 0 Å². The Hall–Kier alpha value is -1.34. The van der Waals surface area contributed by atoms with Crippen LogP contribution in [0, 0.1) is 0 Å². The van der Waals surface area contributed by atoms with Crippen LogP contribution in [0.2, 0.25) is 5.02 Å². The number of methoxy groups -OCH3 is 1. The van der Waals surface area contributed by atoms with E-state index < -0.39 is 16.1 Å². The van der Waals surface area contributed by atoms with Crippen LogP contribution in [0.3, 0.4) is 0 Å². The smallest absolute Gasteiger partial charge is 0.215 e. The van der Waals surface area contributed by atoms with Crippen LogP contribution in [0.25, 0.3) is 0 Å². The highest BCUT2D eigenvalue weighted by atomic mass is 35.5. The van der Waals surface area contributed by atoms with Crippen molar-refractivity contribution in [2.45, 2.75) is 11.9 Å². The normalized spacial score (nSPS) is 13.2. The van der Waals surface area contributed by atoms with E-state index in [9.17, 15) is 8.42 Å². The van der Waals surface area contributed by atoms with Crippen molar-refractivity contribution in [1.82, 2.24) is 4.72 Å². The number of halogens is 1. The Kier molecular flexibility index (Phi) is 5.41. The van der Waals surface area contributed by atoms with Crippen LogP contribution in [0.15, 0.2) is 47.1 Å². The fraction of sp³-hybridized carbons (Fsp3) is 0.286. The molecule has 0 saturated carbocycles. The highest BCUT2D eigenvalue weighted by molar-refractivity contribution is 7.88. The Morgan fingerprint density at radius 3 is 2.67 bits per heavy atom. The van der Waals surface area contributed by atoms with Gasteiger partial charge in [0, 0.05) is 18.7 Å². The first-order chi connectivity index (χ1) is 10.0. The molecule has 0 radical (unpaired) electrons. The molecule has 2 rings (SSSR count). The number of hydrogen-bond acceptors (Lipinski definition) is 4. The van der Waals surface area contributed by atoms with Crippen molar-refractivity contribution >= 4 is 21.6 Å². The van der Waals surface area contributed by atoms with E-state index in [4.69, 9.17) is 20.8 Å². The molecule has 0 unspecified atom stereocenters. The third-order valence-electron chi connectivity index (χ3n) is 2.94. The molecule has 1 aromatic carbocycles. The highest BCUT2D eigenvalue weighted by Crippen LogP contribution is 2.19. The van der Waals surface area contributed by atoms with Crippen molar-refractivity contribution < 1.29 is 17.6 Å². The van der Waals surface area contributed by atoms with Crippen molar-refractivity contribution in [3.63, 3.8) is 0 Å². The third kappa shape index (κ3) is 4.57. The predicted molar refractivity (Wildman–Crippen MR) is 80.5 cm³/mol. The van der Waals surface area contributed by atoms with Gasteiger partial charge in [0.25, 0.3) is 0 Å². The lowest BCUT2D eigenvalue weighted by atomic mass is 10.2. The van der Waals surface area contributed by atoms with Gasteiger partial charge in [-0.1, -0.05) is 29.8 Å². The van der Waals surface area contributed by atoms with E-state index in [2.05, 4.69) is 4.72 Å². The molecule has 2 aromatic rings. The Bertz CT molecular complexity index is 670. The van der Waals surface area contributed by atoms with Gasteiger partial charge in [0.15, 0.2) is 0 Å². The van der Waals surface area contributed by atoms with Crippen LogP contribution in [0.1, 0.15) is 17.4 Å². The van der Waals surface area contributed by atoms with Gasteiger partial charge < -0.3 is 9.15 Å². The lowest BCUT2D eigenvalue weighted by Crippen LogP contribution is -2.30. The van der Waals surface area contributed by atoms with Gasteiger partial charge in [-0.3, -0.25) is 0 Å². The van der Waals surface area contributed by atoms with Crippen LogP contribution < -0.4 is 4.72 Å². The lowest BCUT2D eigenvalue weighted by Gasteiger charge is -2.14. The van der Waals surface area contributed by atoms with Gasteiger partial charge in [-0.2, -0.15) is 0 Å². The van der Waals surface area contributed by atoms with Gasteiger partial charge in [0.05, 0.1) is 12.0 Å². The van der Waals surface area contributed by atoms with E-state index in [1.165, 1.54) is 13.4 Å². The molecule has 0 aliphatic heterocycles. The number of sulfonamides is 1. The Morgan fingerprint density at radius 1 is 1.29 bits per heavy atom. The molecule has 0 aliphatic rings. The first-order valence-corrected chi connectivity index (χ1v) is 8.32. The lowest BCUT2D eigenvalue weighted by molar-refractivity contribution is 0.0878. The molecule has 0 aliphatic carbocycles. The van der Waals surface area contributed by atoms with Crippen molar-refractivity contribution in [3.05, 3.63) is 59.0 Å². The standard InChI is InChI=1S/C14H16ClNO4S/c1-19-14(13-7-4-8-20-13)9-16-21(17,18)10-11-5-2-3-6-12(11)15/h2-8,14,16H,9-10H2,1H3/t14-/m1/s1. The third-order valence-corrected chi connectivity index (χ3v) is 4.60. The second-order valence-electron chi connectivity index (χ2n) is 4.44. The first-order valence-electron chi connectivity index (χ1n) is 6.29. The molecule has 0 spiro atoms. The average Bonchev–Trinajstić information content (AvgIpc) is 2.96. The van der Waals surface area contributed by atoms with Gasteiger partial charge in [0.2, 0.25) is 10.0 Å². The fourth-order valence-electron chi connectivity index (χ4n) is 1.85. The summed E-state index contributed by atoms with van der Waals surface area (Å²) in [6, 6.07) is 10.3. The van der Waals surface area contributed by atoms with E-state index in [1.807, 2.05) is 0 Å². The molecule has 0 bridgehead atoms. The summed E-state index contributed by atoms with van der Waals surface area (Å²) >= 11 is 5.97. The van der Waals surface area contributed by atoms with Crippen LogP contribution in [0.4, 0.5) is 0 Å². The minimum absolute atomic E-state index is 0.0940. The van der Waals surface area contributed by atoms with Crippen LogP contribution in [-0.4, -0.2) is 22.1 Å². The molecular weight excluding hydrogens is 314 g/mol. The van der Waals surface area contributed by atoms with Crippen molar-refractivity contribution in [3.8, 4) is 0 Å². The first kappa shape index (κ1) is 16.0. The topological polar surface area (TPSA) is 68.5 Å². The summed E-state index contributed by atoms with van der Waals surface area (Å²) in [5.41, 5.74) is 0.554. The van der Waals surface area contributed by atoms with Crippen molar-refractivity contribution in [2.75, 3.05) is 13.7 Å². The molecule has 0 fully saturated rings. The maximum Gasteiger partial charge on any atom is 0.215 e. The highest BCUT2D eigenvalue weighted by Gasteiger charge is 2.19. The molecular formula is C14H16ClNO4S. The number of nitrogens with one attached hydrogen (secondary N) is 1. The second kappa shape index (κ2) is 7.09. The summed E-state index contributed by atoms with van der Waals surface area (Å²) < 4.78 is 37.1. The zero-order valence-corrected chi connectivity index (χ0v) is 13.0. The Morgan fingerprint density at radius 2 is 2.05 bits per heavy atom. The summed E-state index contributed by atoms with van der Waals surface area (Å²) in [5.74, 6) is 0.388. The van der Waals surface area contributed by atoms with Crippen LogP contribution in [-0.2, 0) is 20.5 Å². The van der Waals surface area contributed by atoms with Gasteiger partial charge >= 0.3 is 0 Å². The molecule has 7 heteroatoms. The minimum atomic E-state index is -3.51. The minimum Gasteiger partial charge on any atom is -0.467 e. The molecule has 21 heavy (non-hydrogen) atoms. The van der Waals surface area contributed by atoms with Crippen LogP contribution >= 0.6 is 11.6 Å². The van der Waals surface area contributed by atoms with Crippen LogP contribution in [0.5, 0.6) is 0 Å². The SMILES string of the molecule is CO[C@H](CNS(=O)(=O)Cc1ccccc1Cl)c1ccco1. The molecule has 0 saturated heterocycles. The number of ether oxygens (including phenoxy) is 1. The van der Waals surface area contributed by atoms with E-state index in [1.54, 1.807) is 36.4 Å². The van der Waals surface area contributed by atoms with E-state index in [0.29, 0.717) is 16.3 Å². The average molecular weight is 330 g/mol. The van der Waals surface area contributed by atoms with Gasteiger partial charge in [-0.25, -0.2) is 13.1 Å². The summed E-state index contributed by atoms with van der Waals surface area (Å²) in [7, 11) is -2.01. The molecule has 5 nitrogen and oxygen atoms in total. The summed E-state index contributed by atoms with van der Waals surface area (Å²) in [6.07, 6.45) is 1.04. The molecule has 1 heterocycles. The Balaban J connectivity index is 2.00. The maximum absolute atomic E-state index is 12.1. The summed E-state index contributed by atoms with van der Waals surface area (Å²) in [4.78, 5) is 0. The second-order valence-corrected chi connectivity index (χ2v) is 6.65. The van der Waals surface area contributed by atoms with Crippen molar-refractivity contribution in [1.29, 1.82) is 0 Å². The van der Waals surface area contributed by atoms with Gasteiger partial charge in [-0.15, -0.1) is 0 Å². The molecule has 114 valence electrons. The molecule has 0 amide bonds. The van der Waals surface area contributed by atoms with E-state index in [-0.39, 0.29) is 12.3 Å². The zero-order chi connectivity index (χ0) is 15.3. The van der Waals surface area contributed by atoms with E-state index in [0.717, 1.165) is 0 Å². The summed E-state index contributed by atoms with van der Waals surface area (Å²) in [6.45, 7) is 0.0940. The largest absolute Gasteiger partial charge is 0.467 e. The predicted octanol–water partition coefficient (Wildman–Crippen LogP) is 2.74. The molecule has 1 atom stereocenters. The monoisotopic (exact) mass is 329 g/mol. The number of hydrogen-bond donors (Lipinski definition) is 1. The summed E-state index contributed by atoms with van der Waals surface area (Å²) in [5, 5.41) is 0.428.